The van der Waals surface area contributed by atoms with E-state index in [0.29, 0.717) is 17.8 Å². The Morgan fingerprint density at radius 1 is 1.33 bits per heavy atom. The lowest BCUT2D eigenvalue weighted by atomic mass is 10.1. The van der Waals surface area contributed by atoms with Gasteiger partial charge in [-0.15, -0.1) is 0 Å². The number of nitrogens with one attached hydrogen (secondary N) is 2. The molecule has 0 saturated heterocycles. The number of hydrogen-bond donors (Lipinski definition) is 2. The first-order valence-electron chi connectivity index (χ1n) is 6.45. The van der Waals surface area contributed by atoms with E-state index in [2.05, 4.69) is 34.4 Å². The number of carbonyl (C=O) groups excluding carboxylic acids is 1. The number of aromatic nitrogens is 2. The largest absolute Gasteiger partial charge is 0.359 e. The Labute approximate surface area is 107 Å². The molecule has 1 fully saturated rings. The first-order valence-corrected chi connectivity index (χ1v) is 6.45. The predicted molar refractivity (Wildman–Crippen MR) is 70.4 cm³/mol. The third-order valence-electron chi connectivity index (χ3n) is 2.96. The molecule has 0 aromatic carbocycles. The lowest BCUT2D eigenvalue weighted by Gasteiger charge is -2.15. The highest BCUT2D eigenvalue weighted by molar-refractivity contribution is 5.84. The van der Waals surface area contributed by atoms with E-state index >= 15 is 0 Å². The first-order chi connectivity index (χ1) is 8.56. The van der Waals surface area contributed by atoms with Gasteiger partial charge in [-0.3, -0.25) is 4.79 Å². The molecule has 1 unspecified atom stereocenters. The zero-order chi connectivity index (χ0) is 13.1. The second-order valence-electron chi connectivity index (χ2n) is 5.13. The van der Waals surface area contributed by atoms with Gasteiger partial charge in [0.1, 0.15) is 18.2 Å². The van der Waals surface area contributed by atoms with Gasteiger partial charge < -0.3 is 10.6 Å². The molecule has 1 aromatic rings. The van der Waals surface area contributed by atoms with Crippen LogP contribution in [0.25, 0.3) is 0 Å². The van der Waals surface area contributed by atoms with Gasteiger partial charge in [0.2, 0.25) is 5.91 Å². The zero-order valence-electron chi connectivity index (χ0n) is 11.1. The summed E-state index contributed by atoms with van der Waals surface area (Å²) in [6.45, 7) is 6.00. The summed E-state index contributed by atoms with van der Waals surface area (Å²) in [6, 6.07) is 2.00. The highest BCUT2D eigenvalue weighted by Gasteiger charge is 2.25. The van der Waals surface area contributed by atoms with Crippen molar-refractivity contribution in [3.63, 3.8) is 0 Å². The van der Waals surface area contributed by atoms with E-state index in [9.17, 15) is 4.79 Å². The van der Waals surface area contributed by atoms with E-state index in [-0.39, 0.29) is 11.9 Å². The fourth-order valence-electron chi connectivity index (χ4n) is 1.61. The van der Waals surface area contributed by atoms with Gasteiger partial charge in [0, 0.05) is 17.8 Å². The summed E-state index contributed by atoms with van der Waals surface area (Å²) in [5, 5.41) is 6.07. The van der Waals surface area contributed by atoms with Crippen LogP contribution < -0.4 is 10.6 Å². The molecule has 0 bridgehead atoms. The summed E-state index contributed by atoms with van der Waals surface area (Å²) in [5.41, 5.74) is 0.974. The van der Waals surface area contributed by atoms with Gasteiger partial charge in [0.05, 0.1) is 0 Å². The Morgan fingerprint density at radius 2 is 2.06 bits per heavy atom. The van der Waals surface area contributed by atoms with Crippen molar-refractivity contribution in [3.8, 4) is 0 Å². The van der Waals surface area contributed by atoms with Crippen LogP contribution in [0.4, 0.5) is 5.82 Å². The molecule has 18 heavy (non-hydrogen) atoms. The molecule has 98 valence electrons. The molecule has 1 atom stereocenters. The van der Waals surface area contributed by atoms with E-state index in [1.807, 2.05) is 13.0 Å². The molecular formula is C13H20N4O. The second-order valence-corrected chi connectivity index (χ2v) is 5.13. The molecule has 1 aliphatic rings. The maximum atomic E-state index is 11.8. The highest BCUT2D eigenvalue weighted by atomic mass is 16.2. The van der Waals surface area contributed by atoms with Gasteiger partial charge in [-0.2, -0.15) is 0 Å². The molecule has 0 aliphatic heterocycles. The van der Waals surface area contributed by atoms with Gasteiger partial charge in [0.25, 0.3) is 0 Å². The normalized spacial score (nSPS) is 16.4. The van der Waals surface area contributed by atoms with Crippen LogP contribution in [0.2, 0.25) is 0 Å². The maximum absolute atomic E-state index is 11.8. The van der Waals surface area contributed by atoms with Crippen LogP contribution in [0.15, 0.2) is 12.4 Å². The van der Waals surface area contributed by atoms with Gasteiger partial charge in [-0.1, -0.05) is 13.8 Å². The molecule has 0 spiro atoms. The Bertz CT molecular complexity index is 429. The van der Waals surface area contributed by atoms with Crippen LogP contribution in [0.5, 0.6) is 0 Å². The smallest absolute Gasteiger partial charge is 0.242 e. The summed E-state index contributed by atoms with van der Waals surface area (Å²) >= 11 is 0. The molecule has 2 N–H and O–H groups in total. The van der Waals surface area contributed by atoms with E-state index < -0.39 is 0 Å². The zero-order valence-corrected chi connectivity index (χ0v) is 11.1. The molecule has 1 saturated carbocycles. The monoisotopic (exact) mass is 248 g/mol. The second kappa shape index (κ2) is 5.33. The Hall–Kier alpha value is -1.65. The van der Waals surface area contributed by atoms with Gasteiger partial charge >= 0.3 is 0 Å². The number of amides is 1. The first kappa shape index (κ1) is 12.8. The maximum Gasteiger partial charge on any atom is 0.242 e. The van der Waals surface area contributed by atoms with Gasteiger partial charge in [0.15, 0.2) is 0 Å². The number of anilines is 1. The number of hydrogen-bond acceptors (Lipinski definition) is 4. The van der Waals surface area contributed by atoms with Crippen LogP contribution in [0.1, 0.15) is 45.2 Å². The SMILES string of the molecule is CC(Nc1cc(C(C)C)ncn1)C(=O)NC1CC1. The number of carbonyl (C=O) groups is 1. The van der Waals surface area contributed by atoms with E-state index in [0.717, 1.165) is 18.5 Å². The minimum Gasteiger partial charge on any atom is -0.359 e. The van der Waals surface area contributed by atoms with Crippen molar-refractivity contribution in [1.29, 1.82) is 0 Å². The minimum atomic E-state index is -0.277. The van der Waals surface area contributed by atoms with Gasteiger partial charge in [-0.25, -0.2) is 9.97 Å². The molecule has 1 aromatic heterocycles. The van der Waals surface area contributed by atoms with Crippen LogP contribution in [0, 0.1) is 0 Å². The highest BCUT2D eigenvalue weighted by Crippen LogP contribution is 2.19. The molecule has 0 radical (unpaired) electrons. The molecule has 1 amide bonds. The van der Waals surface area contributed by atoms with E-state index in [1.165, 1.54) is 6.33 Å². The Kier molecular flexibility index (Phi) is 3.79. The lowest BCUT2D eigenvalue weighted by Crippen LogP contribution is -2.38. The average molecular weight is 248 g/mol. The summed E-state index contributed by atoms with van der Waals surface area (Å²) in [5.74, 6) is 1.08. The quantitative estimate of drug-likeness (QED) is 0.832. The molecular weight excluding hydrogens is 228 g/mol. The standard InChI is InChI=1S/C13H20N4O/c1-8(2)11-6-12(15-7-14-11)16-9(3)13(18)17-10-4-5-10/h6-10H,4-5H2,1-3H3,(H,17,18)(H,14,15,16). The molecule has 2 rings (SSSR count). The van der Waals surface area contributed by atoms with Crippen LogP contribution in [-0.2, 0) is 4.79 Å². The Morgan fingerprint density at radius 3 is 2.67 bits per heavy atom. The number of nitrogens with zero attached hydrogens (tertiary/aromatic N) is 2. The van der Waals surface area contributed by atoms with E-state index in [1.54, 1.807) is 0 Å². The Balaban J connectivity index is 1.94. The summed E-state index contributed by atoms with van der Waals surface area (Å²) in [4.78, 5) is 20.1. The third kappa shape index (κ3) is 3.42. The van der Waals surface area contributed by atoms with Crippen molar-refractivity contribution in [2.45, 2.75) is 51.6 Å². The van der Waals surface area contributed by atoms with Crippen LogP contribution in [-0.4, -0.2) is 28.0 Å². The summed E-state index contributed by atoms with van der Waals surface area (Å²) < 4.78 is 0. The van der Waals surface area contributed by atoms with E-state index in [4.69, 9.17) is 0 Å². The average Bonchev–Trinajstić information content (AvgIpc) is 3.13. The van der Waals surface area contributed by atoms with Crippen molar-refractivity contribution < 1.29 is 4.79 Å². The topological polar surface area (TPSA) is 66.9 Å². The van der Waals surface area contributed by atoms with Crippen LogP contribution in [0.3, 0.4) is 0 Å². The number of rotatable bonds is 5. The minimum absolute atomic E-state index is 0.0298. The van der Waals surface area contributed by atoms with Crippen LogP contribution >= 0.6 is 0 Å². The summed E-state index contributed by atoms with van der Waals surface area (Å²) in [7, 11) is 0. The lowest BCUT2D eigenvalue weighted by molar-refractivity contribution is -0.121. The predicted octanol–water partition coefficient (Wildman–Crippen LogP) is 1.68. The molecule has 1 aliphatic carbocycles. The third-order valence-corrected chi connectivity index (χ3v) is 2.96. The summed E-state index contributed by atoms with van der Waals surface area (Å²) in [6.07, 6.45) is 3.73. The van der Waals surface area contributed by atoms with Crippen molar-refractivity contribution in [3.05, 3.63) is 18.1 Å². The molecule has 5 nitrogen and oxygen atoms in total. The fourth-order valence-corrected chi connectivity index (χ4v) is 1.61. The van der Waals surface area contributed by atoms with Gasteiger partial charge in [-0.05, 0) is 25.7 Å². The molecule has 1 heterocycles. The fraction of sp³-hybridized carbons (Fsp3) is 0.615. The molecule has 5 heteroatoms. The van der Waals surface area contributed by atoms with Crippen molar-refractivity contribution in [2.75, 3.05) is 5.32 Å². The van der Waals surface area contributed by atoms with Crippen molar-refractivity contribution >= 4 is 11.7 Å². The van der Waals surface area contributed by atoms with Crippen molar-refractivity contribution in [1.82, 2.24) is 15.3 Å². The van der Waals surface area contributed by atoms with Crippen molar-refractivity contribution in [2.24, 2.45) is 0 Å².